The van der Waals surface area contributed by atoms with Crippen LogP contribution in [0.3, 0.4) is 0 Å². The zero-order valence-corrected chi connectivity index (χ0v) is 49.7. The topological polar surface area (TPSA) is 78.9 Å². The van der Waals surface area contributed by atoms with Crippen LogP contribution in [0.2, 0.25) is 0 Å². The van der Waals surface area contributed by atoms with Gasteiger partial charge in [-0.2, -0.15) is 0 Å². The molecule has 0 saturated carbocycles. The van der Waals surface area contributed by atoms with Gasteiger partial charge in [0, 0.05) is 19.3 Å². The Kier molecular flexibility index (Phi) is 61.1. The maximum absolute atomic E-state index is 12.8. The van der Waals surface area contributed by atoms with Crippen LogP contribution in [-0.2, 0) is 28.6 Å². The molecule has 0 heterocycles. The van der Waals surface area contributed by atoms with Crippen molar-refractivity contribution in [3.05, 3.63) is 12.2 Å². The lowest BCUT2D eigenvalue weighted by atomic mass is 10.0. The lowest BCUT2D eigenvalue weighted by Crippen LogP contribution is -2.30. The fourth-order valence-electron chi connectivity index (χ4n) is 10.3. The minimum Gasteiger partial charge on any atom is -0.462 e. The van der Waals surface area contributed by atoms with E-state index in [1.165, 1.54) is 283 Å². The fraction of sp³-hybridized carbons (Fsp3) is 0.925. The van der Waals surface area contributed by atoms with Crippen LogP contribution in [0, 0.1) is 0 Å². The summed E-state index contributed by atoms with van der Waals surface area (Å²) in [6, 6.07) is 0. The summed E-state index contributed by atoms with van der Waals surface area (Å²) in [6.07, 6.45) is 74.2. The second-order valence-corrected chi connectivity index (χ2v) is 22.7. The summed E-state index contributed by atoms with van der Waals surface area (Å²) >= 11 is 0. The molecule has 73 heavy (non-hydrogen) atoms. The molecule has 0 N–H and O–H groups in total. The second-order valence-electron chi connectivity index (χ2n) is 22.7. The molecule has 0 amide bonds. The van der Waals surface area contributed by atoms with Crippen molar-refractivity contribution in [1.29, 1.82) is 0 Å². The lowest BCUT2D eigenvalue weighted by Gasteiger charge is -2.18. The van der Waals surface area contributed by atoms with Gasteiger partial charge in [0.05, 0.1) is 0 Å². The molecule has 0 fully saturated rings. The van der Waals surface area contributed by atoms with Gasteiger partial charge in [0.2, 0.25) is 0 Å². The molecule has 0 aromatic heterocycles. The van der Waals surface area contributed by atoms with Crippen LogP contribution in [0.5, 0.6) is 0 Å². The van der Waals surface area contributed by atoms with Gasteiger partial charge in [-0.25, -0.2) is 0 Å². The van der Waals surface area contributed by atoms with Gasteiger partial charge in [-0.15, -0.1) is 0 Å². The van der Waals surface area contributed by atoms with E-state index in [2.05, 4.69) is 32.9 Å². The zero-order chi connectivity index (χ0) is 52.9. The molecule has 432 valence electrons. The predicted molar refractivity (Wildman–Crippen MR) is 317 cm³/mol. The molecular weight excluding hydrogens is 901 g/mol. The molecule has 1 atom stereocenters. The van der Waals surface area contributed by atoms with Crippen molar-refractivity contribution < 1.29 is 28.6 Å². The maximum atomic E-state index is 12.8. The minimum atomic E-state index is -0.765. The van der Waals surface area contributed by atoms with Crippen LogP contribution in [0.25, 0.3) is 0 Å². The molecule has 0 aliphatic carbocycles. The monoisotopic (exact) mass is 1030 g/mol. The van der Waals surface area contributed by atoms with Gasteiger partial charge in [-0.05, 0) is 44.9 Å². The first kappa shape index (κ1) is 71.2. The van der Waals surface area contributed by atoms with Gasteiger partial charge in [-0.3, -0.25) is 14.4 Å². The average Bonchev–Trinajstić information content (AvgIpc) is 3.39. The molecule has 0 radical (unpaired) electrons. The standard InChI is InChI=1S/C67H128O6/c1-4-7-10-13-16-18-20-22-24-26-28-29-30-31-32-33-34-35-36-37-38-40-41-43-45-47-49-51-54-57-60-66(69)72-63-64(62-71-65(68)59-56-53-15-12-9-6-3)73-67(70)61-58-55-52-50-48-46-44-42-39-27-25-23-21-19-17-14-11-8-5-2/h23,25,64H,4-22,24,26-63H2,1-3H3/b25-23-. The number of allylic oxidation sites excluding steroid dienone is 2. The van der Waals surface area contributed by atoms with Crippen LogP contribution in [0.15, 0.2) is 12.2 Å². The highest BCUT2D eigenvalue weighted by molar-refractivity contribution is 5.71. The van der Waals surface area contributed by atoms with Gasteiger partial charge in [0.15, 0.2) is 6.10 Å². The molecule has 0 bridgehead atoms. The molecule has 0 aliphatic rings. The zero-order valence-electron chi connectivity index (χ0n) is 49.7. The van der Waals surface area contributed by atoms with Crippen molar-refractivity contribution in [1.82, 2.24) is 0 Å². The number of carbonyl (C=O) groups excluding carboxylic acids is 3. The number of rotatable bonds is 62. The smallest absolute Gasteiger partial charge is 0.306 e. The van der Waals surface area contributed by atoms with E-state index in [0.29, 0.717) is 19.3 Å². The Labute approximate surface area is 456 Å². The van der Waals surface area contributed by atoms with Crippen molar-refractivity contribution in [3.8, 4) is 0 Å². The number of ether oxygens (including phenoxy) is 3. The SMILES string of the molecule is CCCCCCCC/C=C\CCCCCCCCCCCC(=O)OC(COC(=O)CCCCCCCC)COC(=O)CCCCCCCCCCCCCCCCCCCCCCCCCCCCCCCC. The molecular formula is C67H128O6. The highest BCUT2D eigenvalue weighted by Crippen LogP contribution is 2.19. The van der Waals surface area contributed by atoms with Gasteiger partial charge in [0.1, 0.15) is 13.2 Å². The van der Waals surface area contributed by atoms with Crippen molar-refractivity contribution >= 4 is 17.9 Å². The molecule has 0 spiro atoms. The van der Waals surface area contributed by atoms with E-state index in [1.807, 2.05) is 0 Å². The molecule has 0 saturated heterocycles. The normalized spacial score (nSPS) is 12.0. The van der Waals surface area contributed by atoms with Gasteiger partial charge in [0.25, 0.3) is 0 Å². The van der Waals surface area contributed by atoms with Crippen LogP contribution in [-0.4, -0.2) is 37.2 Å². The summed E-state index contributed by atoms with van der Waals surface area (Å²) < 4.78 is 16.8. The van der Waals surface area contributed by atoms with Crippen molar-refractivity contribution in [2.45, 2.75) is 386 Å². The highest BCUT2D eigenvalue weighted by Gasteiger charge is 2.19. The maximum Gasteiger partial charge on any atom is 0.306 e. The first-order chi connectivity index (χ1) is 36.0. The van der Waals surface area contributed by atoms with Crippen molar-refractivity contribution in [2.24, 2.45) is 0 Å². The largest absolute Gasteiger partial charge is 0.462 e. The number of unbranched alkanes of at least 4 members (excludes halogenated alkanes) is 49. The van der Waals surface area contributed by atoms with Crippen LogP contribution < -0.4 is 0 Å². The Hall–Kier alpha value is -1.85. The van der Waals surface area contributed by atoms with E-state index in [1.54, 1.807) is 0 Å². The van der Waals surface area contributed by atoms with Gasteiger partial charge < -0.3 is 14.2 Å². The summed E-state index contributed by atoms with van der Waals surface area (Å²) in [5, 5.41) is 0. The quantitative estimate of drug-likeness (QED) is 0.0261. The van der Waals surface area contributed by atoms with E-state index in [-0.39, 0.29) is 31.1 Å². The third-order valence-corrected chi connectivity index (χ3v) is 15.3. The highest BCUT2D eigenvalue weighted by atomic mass is 16.6. The number of carbonyl (C=O) groups is 3. The summed E-state index contributed by atoms with van der Waals surface area (Å²) in [4.78, 5) is 38.0. The number of esters is 3. The van der Waals surface area contributed by atoms with Crippen molar-refractivity contribution in [2.75, 3.05) is 13.2 Å². The van der Waals surface area contributed by atoms with Crippen LogP contribution in [0.4, 0.5) is 0 Å². The summed E-state index contributed by atoms with van der Waals surface area (Å²) in [5.41, 5.74) is 0. The summed E-state index contributed by atoms with van der Waals surface area (Å²) in [6.45, 7) is 6.64. The molecule has 0 aromatic carbocycles. The second kappa shape index (κ2) is 62.7. The first-order valence-corrected chi connectivity index (χ1v) is 33.2. The Morgan fingerprint density at radius 3 is 0.685 bits per heavy atom. The van der Waals surface area contributed by atoms with Gasteiger partial charge in [-0.1, -0.05) is 328 Å². The van der Waals surface area contributed by atoms with E-state index in [0.717, 1.165) is 57.8 Å². The minimum absolute atomic E-state index is 0.0655. The Bertz CT molecular complexity index is 1130. The average molecular weight is 1030 g/mol. The Balaban J connectivity index is 3.95. The Morgan fingerprint density at radius 1 is 0.260 bits per heavy atom. The molecule has 6 nitrogen and oxygen atoms in total. The fourth-order valence-corrected chi connectivity index (χ4v) is 10.3. The van der Waals surface area contributed by atoms with E-state index < -0.39 is 6.10 Å². The van der Waals surface area contributed by atoms with Gasteiger partial charge >= 0.3 is 17.9 Å². The molecule has 6 heteroatoms. The van der Waals surface area contributed by atoms with E-state index in [4.69, 9.17) is 14.2 Å². The molecule has 0 aromatic rings. The third-order valence-electron chi connectivity index (χ3n) is 15.3. The first-order valence-electron chi connectivity index (χ1n) is 33.2. The molecule has 0 rings (SSSR count). The number of hydrogen-bond acceptors (Lipinski definition) is 6. The number of hydrogen-bond donors (Lipinski definition) is 0. The van der Waals surface area contributed by atoms with E-state index >= 15 is 0 Å². The van der Waals surface area contributed by atoms with Crippen LogP contribution >= 0.6 is 0 Å². The third kappa shape index (κ3) is 60.9. The molecule has 1 unspecified atom stereocenters. The van der Waals surface area contributed by atoms with Crippen LogP contribution in [0.1, 0.15) is 380 Å². The van der Waals surface area contributed by atoms with E-state index in [9.17, 15) is 14.4 Å². The summed E-state index contributed by atoms with van der Waals surface area (Å²) in [7, 11) is 0. The lowest BCUT2D eigenvalue weighted by molar-refractivity contribution is -0.167. The van der Waals surface area contributed by atoms with Crippen molar-refractivity contribution in [3.63, 3.8) is 0 Å². The summed E-state index contributed by atoms with van der Waals surface area (Å²) in [5.74, 6) is -0.852. The Morgan fingerprint density at radius 2 is 0.452 bits per heavy atom. The predicted octanol–water partition coefficient (Wildman–Crippen LogP) is 22.4. The molecule has 0 aliphatic heterocycles.